The first kappa shape index (κ1) is 22.2. The van der Waals surface area contributed by atoms with Crippen LogP contribution in [0.3, 0.4) is 0 Å². The van der Waals surface area contributed by atoms with Crippen LogP contribution in [0.15, 0.2) is 29.3 Å². The van der Waals surface area contributed by atoms with E-state index in [4.69, 9.17) is 4.74 Å². The van der Waals surface area contributed by atoms with E-state index in [0.717, 1.165) is 38.5 Å². The van der Waals surface area contributed by atoms with Gasteiger partial charge in [0.1, 0.15) is 0 Å². The van der Waals surface area contributed by atoms with E-state index in [-0.39, 0.29) is 12.0 Å². The van der Waals surface area contributed by atoms with Crippen molar-refractivity contribution < 1.29 is 9.53 Å². The summed E-state index contributed by atoms with van der Waals surface area (Å²) in [5.74, 6) is 1.56. The molecule has 1 amide bonds. The van der Waals surface area contributed by atoms with E-state index in [1.54, 1.807) is 7.05 Å². The third-order valence-corrected chi connectivity index (χ3v) is 5.07. The first-order valence-corrected chi connectivity index (χ1v) is 10.4. The fourth-order valence-electron chi connectivity index (χ4n) is 3.49. The molecule has 1 aromatic rings. The van der Waals surface area contributed by atoms with Gasteiger partial charge in [0.25, 0.3) is 0 Å². The molecule has 1 aliphatic heterocycles. The topological polar surface area (TPSA) is 66.0 Å². The predicted molar refractivity (Wildman–Crippen MR) is 114 cm³/mol. The van der Waals surface area contributed by atoms with Crippen LogP contribution in [0.4, 0.5) is 0 Å². The number of ether oxygens (including phenoxy) is 1. The molecule has 1 saturated heterocycles. The molecule has 1 aromatic carbocycles. The maximum Gasteiger partial charge on any atom is 0.222 e. The molecule has 6 heteroatoms. The SMILES string of the molecule is CCOC(CCNC(=NC)NCc1cccc(CN2CCCC2=O)c1)C(C)C. The average molecular weight is 389 g/mol. The van der Waals surface area contributed by atoms with E-state index in [2.05, 4.69) is 53.7 Å². The quantitative estimate of drug-likeness (QED) is 0.478. The zero-order valence-electron chi connectivity index (χ0n) is 17.8. The van der Waals surface area contributed by atoms with Crippen LogP contribution >= 0.6 is 0 Å². The molecule has 0 radical (unpaired) electrons. The number of aliphatic imine (C=N–C) groups is 1. The molecule has 0 saturated carbocycles. The summed E-state index contributed by atoms with van der Waals surface area (Å²) in [7, 11) is 1.78. The summed E-state index contributed by atoms with van der Waals surface area (Å²) in [6.45, 7) is 10.3. The van der Waals surface area contributed by atoms with Gasteiger partial charge in [0.05, 0.1) is 6.10 Å². The second kappa shape index (κ2) is 11.7. The van der Waals surface area contributed by atoms with Gasteiger partial charge < -0.3 is 20.3 Å². The van der Waals surface area contributed by atoms with Crippen molar-refractivity contribution in [2.45, 2.75) is 59.2 Å². The molecule has 1 atom stereocenters. The number of nitrogens with one attached hydrogen (secondary N) is 2. The maximum atomic E-state index is 11.8. The largest absolute Gasteiger partial charge is 0.378 e. The van der Waals surface area contributed by atoms with E-state index in [0.29, 0.717) is 25.4 Å². The van der Waals surface area contributed by atoms with Crippen molar-refractivity contribution in [3.8, 4) is 0 Å². The third kappa shape index (κ3) is 7.15. The summed E-state index contributed by atoms with van der Waals surface area (Å²) >= 11 is 0. The average Bonchev–Trinajstić information content (AvgIpc) is 3.08. The third-order valence-electron chi connectivity index (χ3n) is 5.07. The molecule has 1 unspecified atom stereocenters. The van der Waals surface area contributed by atoms with Crippen molar-refractivity contribution in [3.05, 3.63) is 35.4 Å². The molecule has 1 heterocycles. The fraction of sp³-hybridized carbons (Fsp3) is 0.636. The molecular weight excluding hydrogens is 352 g/mol. The summed E-state index contributed by atoms with van der Waals surface area (Å²) in [6.07, 6.45) is 2.87. The van der Waals surface area contributed by atoms with Gasteiger partial charge in [-0.05, 0) is 36.8 Å². The van der Waals surface area contributed by atoms with Gasteiger partial charge in [0, 0.05) is 46.3 Å². The highest BCUT2D eigenvalue weighted by molar-refractivity contribution is 5.79. The number of likely N-dealkylation sites (tertiary alicyclic amines) is 1. The molecule has 2 N–H and O–H groups in total. The predicted octanol–water partition coefficient (Wildman–Crippen LogP) is 2.93. The number of hydrogen-bond acceptors (Lipinski definition) is 3. The molecule has 6 nitrogen and oxygen atoms in total. The summed E-state index contributed by atoms with van der Waals surface area (Å²) in [6, 6.07) is 8.40. The van der Waals surface area contributed by atoms with Crippen LogP contribution in [-0.4, -0.2) is 49.6 Å². The Kier molecular flexibility index (Phi) is 9.28. The summed E-state index contributed by atoms with van der Waals surface area (Å²) < 4.78 is 5.80. The van der Waals surface area contributed by atoms with Crippen LogP contribution in [0.1, 0.15) is 51.2 Å². The Labute approximate surface area is 169 Å². The fourth-order valence-corrected chi connectivity index (χ4v) is 3.49. The van der Waals surface area contributed by atoms with Crippen LogP contribution in [0.25, 0.3) is 0 Å². The Bertz CT molecular complexity index is 645. The second-order valence-electron chi connectivity index (χ2n) is 7.62. The van der Waals surface area contributed by atoms with Gasteiger partial charge in [-0.2, -0.15) is 0 Å². The number of benzene rings is 1. The van der Waals surface area contributed by atoms with Crippen molar-refractivity contribution in [2.75, 3.05) is 26.7 Å². The lowest BCUT2D eigenvalue weighted by Gasteiger charge is -2.21. The lowest BCUT2D eigenvalue weighted by Crippen LogP contribution is -2.39. The Hall–Kier alpha value is -2.08. The minimum atomic E-state index is 0.264. The Morgan fingerprint density at radius 3 is 2.71 bits per heavy atom. The van der Waals surface area contributed by atoms with Gasteiger partial charge in [-0.25, -0.2) is 0 Å². The highest BCUT2D eigenvalue weighted by Crippen LogP contribution is 2.15. The summed E-state index contributed by atoms with van der Waals surface area (Å²) in [4.78, 5) is 18.1. The first-order chi connectivity index (χ1) is 13.5. The van der Waals surface area contributed by atoms with E-state index >= 15 is 0 Å². The molecule has 1 fully saturated rings. The van der Waals surface area contributed by atoms with Crippen LogP contribution < -0.4 is 10.6 Å². The molecule has 28 heavy (non-hydrogen) atoms. The molecule has 1 aliphatic rings. The second-order valence-corrected chi connectivity index (χ2v) is 7.62. The van der Waals surface area contributed by atoms with E-state index in [9.17, 15) is 4.79 Å². The van der Waals surface area contributed by atoms with Crippen molar-refractivity contribution in [1.82, 2.24) is 15.5 Å². The molecule has 0 aromatic heterocycles. The smallest absolute Gasteiger partial charge is 0.222 e. The van der Waals surface area contributed by atoms with Gasteiger partial charge in [0.2, 0.25) is 5.91 Å². The number of amides is 1. The van der Waals surface area contributed by atoms with Gasteiger partial charge in [-0.1, -0.05) is 38.1 Å². The lowest BCUT2D eigenvalue weighted by molar-refractivity contribution is -0.128. The highest BCUT2D eigenvalue weighted by atomic mass is 16.5. The van der Waals surface area contributed by atoms with E-state index in [1.807, 2.05) is 11.8 Å². The first-order valence-electron chi connectivity index (χ1n) is 10.4. The van der Waals surface area contributed by atoms with Crippen molar-refractivity contribution >= 4 is 11.9 Å². The lowest BCUT2D eigenvalue weighted by atomic mass is 10.0. The summed E-state index contributed by atoms with van der Waals surface area (Å²) in [5.41, 5.74) is 2.36. The van der Waals surface area contributed by atoms with Gasteiger partial charge in [-0.15, -0.1) is 0 Å². The minimum Gasteiger partial charge on any atom is -0.378 e. The zero-order chi connectivity index (χ0) is 20.4. The standard InChI is InChI=1S/C22H36N4O2/c1-5-28-20(17(2)3)11-12-24-22(23-4)25-15-18-8-6-9-19(14-18)16-26-13-7-10-21(26)27/h6,8-9,14,17,20H,5,7,10-13,15-16H2,1-4H3,(H2,23,24,25). The number of hydrogen-bond donors (Lipinski definition) is 2. The normalized spacial score (nSPS) is 16.0. The number of rotatable bonds is 10. The summed E-state index contributed by atoms with van der Waals surface area (Å²) in [5, 5.41) is 6.74. The molecule has 0 spiro atoms. The van der Waals surface area contributed by atoms with Crippen LogP contribution in [0.5, 0.6) is 0 Å². The van der Waals surface area contributed by atoms with Gasteiger partial charge in [0.15, 0.2) is 5.96 Å². The molecule has 2 rings (SSSR count). The Morgan fingerprint density at radius 2 is 2.07 bits per heavy atom. The van der Waals surface area contributed by atoms with Crippen LogP contribution in [0, 0.1) is 5.92 Å². The molecular formula is C22H36N4O2. The highest BCUT2D eigenvalue weighted by Gasteiger charge is 2.20. The molecule has 156 valence electrons. The van der Waals surface area contributed by atoms with Crippen LogP contribution in [-0.2, 0) is 22.6 Å². The zero-order valence-corrected chi connectivity index (χ0v) is 17.8. The minimum absolute atomic E-state index is 0.264. The number of nitrogens with zero attached hydrogens (tertiary/aromatic N) is 2. The van der Waals surface area contributed by atoms with Gasteiger partial charge in [-0.3, -0.25) is 9.79 Å². The monoisotopic (exact) mass is 388 g/mol. The van der Waals surface area contributed by atoms with Crippen molar-refractivity contribution in [3.63, 3.8) is 0 Å². The van der Waals surface area contributed by atoms with E-state index < -0.39 is 0 Å². The molecule has 0 bridgehead atoms. The maximum absolute atomic E-state index is 11.8. The Balaban J connectivity index is 1.79. The number of carbonyl (C=O) groups is 1. The van der Waals surface area contributed by atoms with Crippen LogP contribution in [0.2, 0.25) is 0 Å². The van der Waals surface area contributed by atoms with Crippen molar-refractivity contribution in [2.24, 2.45) is 10.9 Å². The number of guanidine groups is 1. The van der Waals surface area contributed by atoms with Crippen molar-refractivity contribution in [1.29, 1.82) is 0 Å². The van der Waals surface area contributed by atoms with E-state index in [1.165, 1.54) is 11.1 Å². The molecule has 0 aliphatic carbocycles. The van der Waals surface area contributed by atoms with Gasteiger partial charge >= 0.3 is 0 Å². The Morgan fingerprint density at radius 1 is 1.29 bits per heavy atom. The number of carbonyl (C=O) groups excluding carboxylic acids is 1.